The number of nitriles is 1. The quantitative estimate of drug-likeness (QED) is 0.201. The van der Waals surface area contributed by atoms with Gasteiger partial charge in [-0.1, -0.05) is 59.3 Å². The highest BCUT2D eigenvalue weighted by Crippen LogP contribution is 2.38. The maximum atomic E-state index is 14.1. The van der Waals surface area contributed by atoms with Gasteiger partial charge in [-0.2, -0.15) is 5.26 Å². The molecule has 0 bridgehead atoms. The standard InChI is InChI=1S/C35H32ClN3O6S/c1-6-43-34(41)30-21(4)38-35-39(31(30)25-13-9-10-14-27(25)45-20(2)3)33(40)29(46-35)17-22-15-26(36)32(28(16-22)42-5)44-19-24-12-8-7-11-23(24)18-37/h7-17,20,31H,6,19H2,1-5H3/b29-17+/t31-/m1/s1. The van der Waals surface area contributed by atoms with E-state index in [1.165, 1.54) is 23.0 Å². The largest absolute Gasteiger partial charge is 0.493 e. The fourth-order valence-electron chi connectivity index (χ4n) is 5.17. The molecule has 0 spiro atoms. The van der Waals surface area contributed by atoms with Gasteiger partial charge in [-0.15, -0.1) is 0 Å². The van der Waals surface area contributed by atoms with Gasteiger partial charge < -0.3 is 18.9 Å². The first-order valence-electron chi connectivity index (χ1n) is 14.6. The van der Waals surface area contributed by atoms with Gasteiger partial charge in [0.25, 0.3) is 5.56 Å². The highest BCUT2D eigenvalue weighted by Gasteiger charge is 2.35. The topological polar surface area (TPSA) is 112 Å². The summed E-state index contributed by atoms with van der Waals surface area (Å²) in [4.78, 5) is 32.5. The molecule has 11 heteroatoms. The third-order valence-electron chi connectivity index (χ3n) is 7.15. The van der Waals surface area contributed by atoms with Gasteiger partial charge in [-0.3, -0.25) is 9.36 Å². The molecule has 1 aliphatic heterocycles. The lowest BCUT2D eigenvalue weighted by Gasteiger charge is -2.26. The summed E-state index contributed by atoms with van der Waals surface area (Å²) in [6.45, 7) is 7.58. The number of esters is 1. The maximum absolute atomic E-state index is 14.1. The van der Waals surface area contributed by atoms with E-state index in [1.807, 2.05) is 50.2 Å². The number of para-hydroxylation sites is 1. The van der Waals surface area contributed by atoms with Gasteiger partial charge in [0.05, 0.1) is 52.3 Å². The minimum Gasteiger partial charge on any atom is -0.493 e. The van der Waals surface area contributed by atoms with Crippen molar-refractivity contribution in [2.75, 3.05) is 13.7 Å². The van der Waals surface area contributed by atoms with Crippen molar-refractivity contribution in [1.82, 2.24) is 4.57 Å². The molecule has 9 nitrogen and oxygen atoms in total. The van der Waals surface area contributed by atoms with Crippen molar-refractivity contribution in [2.45, 2.75) is 46.4 Å². The molecule has 1 atom stereocenters. The molecule has 0 saturated heterocycles. The molecule has 0 N–H and O–H groups in total. The lowest BCUT2D eigenvalue weighted by atomic mass is 9.95. The number of benzene rings is 3. The van der Waals surface area contributed by atoms with E-state index in [0.717, 1.165) is 0 Å². The summed E-state index contributed by atoms with van der Waals surface area (Å²) in [5.41, 5.74) is 2.84. The second kappa shape index (κ2) is 14.1. The van der Waals surface area contributed by atoms with Gasteiger partial charge in [0.1, 0.15) is 18.4 Å². The number of nitrogens with zero attached hydrogens (tertiary/aromatic N) is 3. The second-order valence-electron chi connectivity index (χ2n) is 10.6. The number of hydrogen-bond donors (Lipinski definition) is 0. The van der Waals surface area contributed by atoms with Gasteiger partial charge in [0.2, 0.25) is 0 Å². The SMILES string of the molecule is CCOC(=O)C1=C(C)N=c2s/c(=C/c3cc(Cl)c(OCc4ccccc4C#N)c(OC)c3)c(=O)n2[C@@H]1c1ccccc1OC(C)C. The minimum atomic E-state index is -0.822. The zero-order valence-corrected chi connectivity index (χ0v) is 27.6. The zero-order valence-electron chi connectivity index (χ0n) is 26.0. The van der Waals surface area contributed by atoms with Crippen molar-refractivity contribution in [3.05, 3.63) is 119 Å². The number of thiazole rings is 1. The summed E-state index contributed by atoms with van der Waals surface area (Å²) in [6, 6.07) is 19.2. The summed E-state index contributed by atoms with van der Waals surface area (Å²) in [6.07, 6.45) is 1.56. The average Bonchev–Trinajstić information content (AvgIpc) is 3.33. The van der Waals surface area contributed by atoms with Crippen LogP contribution in [-0.4, -0.2) is 30.4 Å². The van der Waals surface area contributed by atoms with E-state index in [9.17, 15) is 14.9 Å². The summed E-state index contributed by atoms with van der Waals surface area (Å²) >= 11 is 7.86. The predicted octanol–water partition coefficient (Wildman–Crippen LogP) is 5.70. The summed E-state index contributed by atoms with van der Waals surface area (Å²) in [5.74, 6) is 0.677. The highest BCUT2D eigenvalue weighted by atomic mass is 35.5. The molecule has 3 aromatic carbocycles. The number of allylic oxidation sites excluding steroid dienone is 1. The van der Waals surface area contributed by atoms with Crippen LogP contribution in [0, 0.1) is 11.3 Å². The lowest BCUT2D eigenvalue weighted by Crippen LogP contribution is -2.40. The number of carbonyl (C=O) groups excluding carboxylic acids is 1. The van der Waals surface area contributed by atoms with E-state index in [0.29, 0.717) is 54.5 Å². The molecule has 0 fully saturated rings. The second-order valence-corrected chi connectivity index (χ2v) is 12.0. The Morgan fingerprint density at radius 3 is 2.61 bits per heavy atom. The third kappa shape index (κ3) is 6.57. The Morgan fingerprint density at radius 2 is 1.89 bits per heavy atom. The summed E-state index contributed by atoms with van der Waals surface area (Å²) in [7, 11) is 1.50. The van der Waals surface area contributed by atoms with Crippen molar-refractivity contribution in [1.29, 1.82) is 5.26 Å². The lowest BCUT2D eigenvalue weighted by molar-refractivity contribution is -0.139. The number of fused-ring (bicyclic) bond motifs is 1. The first kappa shape index (κ1) is 32.5. The molecule has 0 saturated carbocycles. The number of ether oxygens (including phenoxy) is 4. The Kier molecular flexibility index (Phi) is 9.95. The Morgan fingerprint density at radius 1 is 1.15 bits per heavy atom. The van der Waals surface area contributed by atoms with E-state index in [1.54, 1.807) is 44.2 Å². The van der Waals surface area contributed by atoms with Crippen molar-refractivity contribution >= 4 is 35.0 Å². The molecule has 0 amide bonds. The fraction of sp³-hybridized carbons (Fsp3) is 0.257. The molecule has 0 aliphatic carbocycles. The van der Waals surface area contributed by atoms with E-state index in [-0.39, 0.29) is 35.5 Å². The van der Waals surface area contributed by atoms with Gasteiger partial charge in [0, 0.05) is 11.1 Å². The van der Waals surface area contributed by atoms with Crippen LogP contribution in [0.25, 0.3) is 6.08 Å². The number of aromatic nitrogens is 1. The van der Waals surface area contributed by atoms with E-state index in [4.69, 9.17) is 30.5 Å². The molecular weight excluding hydrogens is 626 g/mol. The Balaban J connectivity index is 1.60. The molecular formula is C35H32ClN3O6S. The van der Waals surface area contributed by atoms with Crippen LogP contribution in [0.5, 0.6) is 17.2 Å². The molecule has 0 unspecified atom stereocenters. The monoisotopic (exact) mass is 657 g/mol. The average molecular weight is 658 g/mol. The van der Waals surface area contributed by atoms with Gasteiger partial charge in [0.15, 0.2) is 16.3 Å². The number of methoxy groups -OCH3 is 1. The van der Waals surface area contributed by atoms with Crippen LogP contribution in [0.2, 0.25) is 5.02 Å². The maximum Gasteiger partial charge on any atom is 0.338 e. The van der Waals surface area contributed by atoms with Crippen molar-refractivity contribution in [2.24, 2.45) is 4.99 Å². The van der Waals surface area contributed by atoms with Gasteiger partial charge in [-0.05, 0) is 63.6 Å². The van der Waals surface area contributed by atoms with Crippen LogP contribution in [0.15, 0.2) is 81.7 Å². The Labute approximate surface area is 275 Å². The number of rotatable bonds is 10. The predicted molar refractivity (Wildman–Crippen MR) is 176 cm³/mol. The van der Waals surface area contributed by atoms with Crippen LogP contribution in [0.4, 0.5) is 0 Å². The minimum absolute atomic E-state index is 0.113. The molecule has 1 aliphatic rings. The van der Waals surface area contributed by atoms with Crippen LogP contribution in [-0.2, 0) is 16.1 Å². The normalized spacial score (nSPS) is 14.4. The van der Waals surface area contributed by atoms with Gasteiger partial charge in [-0.25, -0.2) is 9.79 Å². The molecule has 2 heterocycles. The van der Waals surface area contributed by atoms with Crippen LogP contribution >= 0.6 is 22.9 Å². The van der Waals surface area contributed by atoms with Gasteiger partial charge >= 0.3 is 5.97 Å². The molecule has 5 rings (SSSR count). The molecule has 0 radical (unpaired) electrons. The third-order valence-corrected chi connectivity index (χ3v) is 8.42. The molecule has 4 aromatic rings. The van der Waals surface area contributed by atoms with E-state index in [2.05, 4.69) is 11.1 Å². The smallest absolute Gasteiger partial charge is 0.338 e. The molecule has 236 valence electrons. The van der Waals surface area contributed by atoms with Crippen LogP contribution < -0.4 is 29.1 Å². The van der Waals surface area contributed by atoms with Crippen molar-refractivity contribution in [3.8, 4) is 23.3 Å². The van der Waals surface area contributed by atoms with Crippen LogP contribution in [0.1, 0.15) is 56.0 Å². The first-order chi connectivity index (χ1) is 22.2. The molecule has 1 aromatic heterocycles. The zero-order chi connectivity index (χ0) is 33.0. The number of hydrogen-bond acceptors (Lipinski definition) is 9. The summed E-state index contributed by atoms with van der Waals surface area (Å²) < 4.78 is 25.0. The Bertz CT molecular complexity index is 2060. The van der Waals surface area contributed by atoms with E-state index < -0.39 is 12.0 Å². The van der Waals surface area contributed by atoms with Crippen LogP contribution in [0.3, 0.4) is 0 Å². The number of carbonyl (C=O) groups is 1. The Hall–Kier alpha value is -4.85. The fourth-order valence-corrected chi connectivity index (χ4v) is 6.49. The van der Waals surface area contributed by atoms with Crippen molar-refractivity contribution in [3.63, 3.8) is 0 Å². The van der Waals surface area contributed by atoms with Crippen molar-refractivity contribution < 1.29 is 23.7 Å². The highest BCUT2D eigenvalue weighted by molar-refractivity contribution is 7.07. The molecule has 46 heavy (non-hydrogen) atoms. The van der Waals surface area contributed by atoms with E-state index >= 15 is 0 Å². The number of halogens is 1. The first-order valence-corrected chi connectivity index (χ1v) is 15.8. The summed E-state index contributed by atoms with van der Waals surface area (Å²) in [5, 5.41) is 9.68.